The van der Waals surface area contributed by atoms with Crippen molar-refractivity contribution in [2.45, 2.75) is 0 Å². The molecule has 0 spiro atoms. The molecule has 1 aliphatic rings. The second-order valence-electron chi connectivity index (χ2n) is 7.70. The Labute approximate surface area is 170 Å². The highest BCUT2D eigenvalue weighted by Gasteiger charge is 2.14. The average molecular weight is 384 g/mol. The molecular weight excluding hydrogens is 360 g/mol. The Morgan fingerprint density at radius 3 is 2.17 bits per heavy atom. The topological polar surface area (TPSA) is 55.4 Å². The molecule has 1 saturated heterocycles. The minimum atomic E-state index is 0.257. The Bertz CT molecular complexity index is 1120. The monoisotopic (exact) mass is 384 g/mol. The lowest BCUT2D eigenvalue weighted by atomic mass is 10.0. The van der Waals surface area contributed by atoms with Crippen LogP contribution in [0.2, 0.25) is 0 Å². The Morgan fingerprint density at radius 2 is 1.45 bits per heavy atom. The number of aromatic hydroxyl groups is 1. The van der Waals surface area contributed by atoms with Gasteiger partial charge in [0.05, 0.1) is 11.0 Å². The van der Waals surface area contributed by atoms with Crippen molar-refractivity contribution in [1.29, 1.82) is 0 Å². The first kappa shape index (κ1) is 17.8. The van der Waals surface area contributed by atoms with Crippen LogP contribution in [-0.4, -0.2) is 53.2 Å². The summed E-state index contributed by atoms with van der Waals surface area (Å²) in [5, 5.41) is 9.48. The van der Waals surface area contributed by atoms with Crippen LogP contribution in [-0.2, 0) is 0 Å². The number of hydrogen-bond donors (Lipinski definition) is 2. The number of piperazine rings is 1. The van der Waals surface area contributed by atoms with Gasteiger partial charge < -0.3 is 19.9 Å². The highest BCUT2D eigenvalue weighted by Crippen LogP contribution is 2.28. The van der Waals surface area contributed by atoms with Crippen LogP contribution in [0.5, 0.6) is 5.75 Å². The summed E-state index contributed by atoms with van der Waals surface area (Å²) in [6.45, 7) is 4.38. The summed E-state index contributed by atoms with van der Waals surface area (Å²) in [4.78, 5) is 12.9. The van der Waals surface area contributed by atoms with E-state index in [1.54, 1.807) is 12.1 Å². The fourth-order valence-corrected chi connectivity index (χ4v) is 3.87. The zero-order valence-corrected chi connectivity index (χ0v) is 16.5. The third-order valence-corrected chi connectivity index (χ3v) is 5.69. The van der Waals surface area contributed by atoms with Gasteiger partial charge in [-0.2, -0.15) is 0 Å². The maximum atomic E-state index is 9.48. The van der Waals surface area contributed by atoms with Crippen LogP contribution in [0.15, 0.2) is 66.7 Å². The number of likely N-dealkylation sites (N-methyl/N-ethyl adjacent to an activating group) is 1. The highest BCUT2D eigenvalue weighted by molar-refractivity contribution is 5.84. The summed E-state index contributed by atoms with van der Waals surface area (Å²) in [5.74, 6) is 1.06. The first-order valence-electron chi connectivity index (χ1n) is 9.99. The standard InChI is InChI=1S/C24H24N4O/c1-27-12-14-28(15-13-27)20-7-2-17(3-8-20)19-6-11-22-23(16-19)26-24(25-22)18-4-9-21(29)10-5-18/h2-11,16,29H,12-15H2,1H3,(H,25,26). The van der Waals surface area contributed by atoms with Crippen LogP contribution in [0.25, 0.3) is 33.5 Å². The maximum absolute atomic E-state index is 9.48. The molecule has 1 fully saturated rings. The molecule has 4 aromatic rings. The van der Waals surface area contributed by atoms with Crippen LogP contribution in [0.1, 0.15) is 0 Å². The van der Waals surface area contributed by atoms with E-state index in [9.17, 15) is 5.11 Å². The van der Waals surface area contributed by atoms with E-state index in [0.717, 1.165) is 48.6 Å². The second kappa shape index (κ2) is 7.26. The lowest BCUT2D eigenvalue weighted by Crippen LogP contribution is -2.44. The molecule has 29 heavy (non-hydrogen) atoms. The molecule has 0 atom stereocenters. The lowest BCUT2D eigenvalue weighted by Gasteiger charge is -2.34. The van der Waals surface area contributed by atoms with Gasteiger partial charge in [-0.1, -0.05) is 18.2 Å². The average Bonchev–Trinajstić information content (AvgIpc) is 3.18. The number of phenolic OH excluding ortho intramolecular Hbond substituents is 1. The molecule has 5 heteroatoms. The van der Waals surface area contributed by atoms with Gasteiger partial charge in [-0.05, 0) is 66.7 Å². The summed E-state index contributed by atoms with van der Waals surface area (Å²) < 4.78 is 0. The summed E-state index contributed by atoms with van der Waals surface area (Å²) >= 11 is 0. The number of H-pyrrole nitrogens is 1. The fraction of sp³-hybridized carbons (Fsp3) is 0.208. The number of aromatic amines is 1. The van der Waals surface area contributed by atoms with E-state index in [2.05, 4.69) is 69.3 Å². The van der Waals surface area contributed by atoms with Crippen LogP contribution in [0.3, 0.4) is 0 Å². The molecule has 1 aliphatic heterocycles. The Balaban J connectivity index is 1.40. The zero-order chi connectivity index (χ0) is 19.8. The number of imidazole rings is 1. The van der Waals surface area contributed by atoms with Gasteiger partial charge in [-0.15, -0.1) is 0 Å². The summed E-state index contributed by atoms with van der Waals surface area (Å²) in [5.41, 5.74) is 6.56. The third-order valence-electron chi connectivity index (χ3n) is 5.69. The summed E-state index contributed by atoms with van der Waals surface area (Å²) in [6.07, 6.45) is 0. The number of hydrogen-bond acceptors (Lipinski definition) is 4. The smallest absolute Gasteiger partial charge is 0.138 e. The van der Waals surface area contributed by atoms with Crippen molar-refractivity contribution in [1.82, 2.24) is 14.9 Å². The molecule has 5 nitrogen and oxygen atoms in total. The SMILES string of the molecule is CN1CCN(c2ccc(-c3ccc4nc(-c5ccc(O)cc5)[nH]c4c3)cc2)CC1. The molecule has 2 N–H and O–H groups in total. The first-order valence-corrected chi connectivity index (χ1v) is 9.99. The largest absolute Gasteiger partial charge is 0.508 e. The van der Waals surface area contributed by atoms with E-state index in [1.165, 1.54) is 16.8 Å². The van der Waals surface area contributed by atoms with E-state index in [4.69, 9.17) is 0 Å². The minimum Gasteiger partial charge on any atom is -0.508 e. The molecule has 0 saturated carbocycles. The molecule has 0 aliphatic carbocycles. The number of nitrogens with zero attached hydrogens (tertiary/aromatic N) is 3. The van der Waals surface area contributed by atoms with Gasteiger partial charge in [0.25, 0.3) is 0 Å². The van der Waals surface area contributed by atoms with Gasteiger partial charge in [0.2, 0.25) is 0 Å². The molecule has 0 unspecified atom stereocenters. The first-order chi connectivity index (χ1) is 14.2. The van der Waals surface area contributed by atoms with Crippen LogP contribution >= 0.6 is 0 Å². The Kier molecular flexibility index (Phi) is 4.45. The molecule has 5 rings (SSSR count). The zero-order valence-electron chi connectivity index (χ0n) is 16.5. The van der Waals surface area contributed by atoms with Crippen LogP contribution in [0, 0.1) is 0 Å². The number of anilines is 1. The summed E-state index contributed by atoms with van der Waals surface area (Å²) in [7, 11) is 2.18. The predicted octanol–water partition coefficient (Wildman–Crippen LogP) is 4.35. The number of rotatable bonds is 3. The number of benzene rings is 3. The normalized spacial score (nSPS) is 15.1. The van der Waals surface area contributed by atoms with E-state index in [-0.39, 0.29) is 5.75 Å². The van der Waals surface area contributed by atoms with Crippen molar-refractivity contribution in [3.63, 3.8) is 0 Å². The highest BCUT2D eigenvalue weighted by atomic mass is 16.3. The Hall–Kier alpha value is -3.31. The van der Waals surface area contributed by atoms with Gasteiger partial charge in [-0.3, -0.25) is 0 Å². The molecule has 3 aromatic carbocycles. The molecule has 2 heterocycles. The van der Waals surface area contributed by atoms with Crippen LogP contribution in [0.4, 0.5) is 5.69 Å². The molecule has 0 bridgehead atoms. The fourth-order valence-electron chi connectivity index (χ4n) is 3.87. The number of phenols is 1. The molecule has 146 valence electrons. The minimum absolute atomic E-state index is 0.257. The van der Waals surface area contributed by atoms with Crippen molar-refractivity contribution < 1.29 is 5.11 Å². The van der Waals surface area contributed by atoms with Gasteiger partial charge in [0.15, 0.2) is 0 Å². The number of aromatic nitrogens is 2. The quantitative estimate of drug-likeness (QED) is 0.551. The Morgan fingerprint density at radius 1 is 0.793 bits per heavy atom. The predicted molar refractivity (Wildman–Crippen MR) is 118 cm³/mol. The van der Waals surface area contributed by atoms with E-state index >= 15 is 0 Å². The van der Waals surface area contributed by atoms with E-state index < -0.39 is 0 Å². The van der Waals surface area contributed by atoms with Crippen molar-refractivity contribution in [3.05, 3.63) is 66.7 Å². The number of fused-ring (bicyclic) bond motifs is 1. The number of nitrogens with one attached hydrogen (secondary N) is 1. The molecule has 0 amide bonds. The second-order valence-corrected chi connectivity index (χ2v) is 7.70. The summed E-state index contributed by atoms with van der Waals surface area (Å²) in [6, 6.07) is 22.3. The van der Waals surface area contributed by atoms with E-state index in [0.29, 0.717) is 0 Å². The molecule has 1 aromatic heterocycles. The third kappa shape index (κ3) is 3.57. The van der Waals surface area contributed by atoms with Gasteiger partial charge >= 0.3 is 0 Å². The van der Waals surface area contributed by atoms with Gasteiger partial charge in [0, 0.05) is 37.4 Å². The lowest BCUT2D eigenvalue weighted by molar-refractivity contribution is 0.313. The van der Waals surface area contributed by atoms with E-state index in [1.807, 2.05) is 12.1 Å². The molecular formula is C24H24N4O. The van der Waals surface area contributed by atoms with Crippen molar-refractivity contribution in [2.75, 3.05) is 38.1 Å². The van der Waals surface area contributed by atoms with Gasteiger partial charge in [-0.25, -0.2) is 4.98 Å². The van der Waals surface area contributed by atoms with Crippen molar-refractivity contribution in [3.8, 4) is 28.3 Å². The van der Waals surface area contributed by atoms with Crippen molar-refractivity contribution >= 4 is 16.7 Å². The van der Waals surface area contributed by atoms with Gasteiger partial charge in [0.1, 0.15) is 11.6 Å². The maximum Gasteiger partial charge on any atom is 0.138 e. The van der Waals surface area contributed by atoms with Crippen molar-refractivity contribution in [2.24, 2.45) is 0 Å². The van der Waals surface area contributed by atoms with Crippen LogP contribution < -0.4 is 4.90 Å². The molecule has 0 radical (unpaired) electrons.